The second-order valence-electron chi connectivity index (χ2n) is 6.07. The summed E-state index contributed by atoms with van der Waals surface area (Å²) in [7, 11) is -7.09. The molecule has 0 radical (unpaired) electrons. The Hall–Kier alpha value is -2.35. The SMILES string of the molecule is O=S(=O)(Oc1cccc2oc3cc(Cl)ccc3c12)C(F)(F)C(F)(F)C(F)(F)C(F)(F)F. The lowest BCUT2D eigenvalue weighted by atomic mass is 10.1. The van der Waals surface area contributed by atoms with E-state index in [4.69, 9.17) is 16.0 Å². The summed E-state index contributed by atoms with van der Waals surface area (Å²) in [6, 6.07) is 6.54. The van der Waals surface area contributed by atoms with Gasteiger partial charge in [0, 0.05) is 16.5 Å². The molecular weight excluding hydrogens is 495 g/mol. The highest BCUT2D eigenvalue weighted by atomic mass is 35.5. The van der Waals surface area contributed by atoms with E-state index < -0.39 is 39.1 Å². The molecule has 15 heteroatoms. The largest absolute Gasteiger partial charge is 0.460 e. The average Bonchev–Trinajstić information content (AvgIpc) is 2.98. The molecule has 0 atom stereocenters. The summed E-state index contributed by atoms with van der Waals surface area (Å²) in [5.74, 6) is -15.9. The van der Waals surface area contributed by atoms with Crippen LogP contribution in [0.25, 0.3) is 21.9 Å². The third-order valence-corrected chi connectivity index (χ3v) is 5.57. The molecule has 4 nitrogen and oxygen atoms in total. The van der Waals surface area contributed by atoms with Crippen LogP contribution in [-0.2, 0) is 10.1 Å². The van der Waals surface area contributed by atoms with Crippen LogP contribution in [0.4, 0.5) is 39.5 Å². The van der Waals surface area contributed by atoms with Crippen LogP contribution in [0.3, 0.4) is 0 Å². The Kier molecular flexibility index (Phi) is 5.13. The van der Waals surface area contributed by atoms with Crippen molar-refractivity contribution < 1.29 is 56.5 Å². The number of alkyl halides is 9. The monoisotopic (exact) mass is 500 g/mol. The van der Waals surface area contributed by atoms with Crippen LogP contribution >= 0.6 is 11.6 Å². The fourth-order valence-electron chi connectivity index (χ4n) is 2.52. The number of halogens is 10. The van der Waals surface area contributed by atoms with Crippen LogP contribution in [0.2, 0.25) is 5.02 Å². The molecule has 0 fully saturated rings. The highest BCUT2D eigenvalue weighted by Crippen LogP contribution is 2.55. The molecule has 0 amide bonds. The first-order valence-electron chi connectivity index (χ1n) is 7.69. The predicted octanol–water partition coefficient (Wildman–Crippen LogP) is 6.37. The van der Waals surface area contributed by atoms with E-state index in [9.17, 15) is 47.9 Å². The topological polar surface area (TPSA) is 56.5 Å². The molecule has 0 N–H and O–H groups in total. The maximum atomic E-state index is 13.9. The Labute approximate surface area is 171 Å². The van der Waals surface area contributed by atoms with E-state index in [1.54, 1.807) is 0 Å². The summed E-state index contributed by atoms with van der Waals surface area (Å²) < 4.78 is 150. The third kappa shape index (κ3) is 3.35. The quantitative estimate of drug-likeness (QED) is 0.302. The third-order valence-electron chi connectivity index (χ3n) is 4.05. The van der Waals surface area contributed by atoms with Crippen LogP contribution in [0.5, 0.6) is 5.75 Å². The molecule has 31 heavy (non-hydrogen) atoms. The number of furan rings is 1. The van der Waals surface area contributed by atoms with Crippen molar-refractivity contribution in [3.8, 4) is 5.75 Å². The minimum absolute atomic E-state index is 0.000831. The molecular formula is C16H6ClF9O4S. The van der Waals surface area contributed by atoms with Gasteiger partial charge in [0.2, 0.25) is 0 Å². The Balaban J connectivity index is 2.14. The van der Waals surface area contributed by atoms with Crippen molar-refractivity contribution >= 4 is 43.7 Å². The average molecular weight is 501 g/mol. The molecule has 0 aliphatic heterocycles. The molecule has 170 valence electrons. The Morgan fingerprint density at radius 2 is 1.45 bits per heavy atom. The first kappa shape index (κ1) is 23.3. The highest BCUT2D eigenvalue weighted by Gasteiger charge is 2.86. The predicted molar refractivity (Wildman–Crippen MR) is 89.2 cm³/mol. The van der Waals surface area contributed by atoms with Gasteiger partial charge in [0.05, 0.1) is 5.39 Å². The van der Waals surface area contributed by atoms with E-state index in [1.165, 1.54) is 24.3 Å². The maximum Gasteiger partial charge on any atom is 0.460 e. The summed E-state index contributed by atoms with van der Waals surface area (Å²) in [5, 5.41) is -7.20. The normalized spacial score (nSPS) is 14.4. The van der Waals surface area contributed by atoms with Gasteiger partial charge in [-0.15, -0.1) is 0 Å². The lowest BCUT2D eigenvalue weighted by molar-refractivity contribution is -0.382. The molecule has 3 rings (SSSR count). The van der Waals surface area contributed by atoms with Crippen molar-refractivity contribution in [2.45, 2.75) is 23.3 Å². The van der Waals surface area contributed by atoms with Gasteiger partial charge in [-0.3, -0.25) is 0 Å². The van der Waals surface area contributed by atoms with Crippen LogP contribution in [-0.4, -0.2) is 31.7 Å². The fourth-order valence-corrected chi connectivity index (χ4v) is 3.61. The van der Waals surface area contributed by atoms with Gasteiger partial charge in [-0.1, -0.05) is 17.7 Å². The van der Waals surface area contributed by atoms with E-state index in [0.29, 0.717) is 6.07 Å². The van der Waals surface area contributed by atoms with Crippen molar-refractivity contribution in [3.63, 3.8) is 0 Å². The number of hydrogen-bond acceptors (Lipinski definition) is 4. The van der Waals surface area contributed by atoms with E-state index >= 15 is 0 Å². The Bertz CT molecular complexity index is 1270. The lowest BCUT2D eigenvalue weighted by Crippen LogP contribution is -2.63. The molecule has 0 aliphatic carbocycles. The first-order valence-corrected chi connectivity index (χ1v) is 9.47. The number of rotatable bonds is 5. The summed E-state index contributed by atoms with van der Waals surface area (Å²) in [4.78, 5) is 0. The van der Waals surface area contributed by atoms with Gasteiger partial charge < -0.3 is 8.60 Å². The minimum atomic E-state index is -7.41. The van der Waals surface area contributed by atoms with Gasteiger partial charge in [-0.2, -0.15) is 47.9 Å². The van der Waals surface area contributed by atoms with E-state index in [0.717, 1.165) is 6.07 Å². The van der Waals surface area contributed by atoms with Gasteiger partial charge in [-0.25, -0.2) is 0 Å². The molecule has 2 aromatic carbocycles. The van der Waals surface area contributed by atoms with Crippen molar-refractivity contribution in [3.05, 3.63) is 41.4 Å². The first-order chi connectivity index (χ1) is 13.9. The standard InChI is InChI=1S/C16H6ClF9O4S/c17-7-4-5-8-11(6-7)29-9-2-1-3-10(12(8)9)30-31(27,28)16(25,26)14(20,21)13(18,19)15(22,23)24/h1-6H. The van der Waals surface area contributed by atoms with E-state index in [-0.39, 0.29) is 27.0 Å². The number of benzene rings is 2. The van der Waals surface area contributed by atoms with Crippen molar-refractivity contribution in [1.29, 1.82) is 0 Å². The van der Waals surface area contributed by atoms with Crippen LogP contribution in [0.1, 0.15) is 0 Å². The second-order valence-corrected chi connectivity index (χ2v) is 8.10. The summed E-state index contributed by atoms with van der Waals surface area (Å²) in [6.07, 6.45) is -7.19. The molecule has 1 heterocycles. The van der Waals surface area contributed by atoms with Gasteiger partial charge in [-0.05, 0) is 24.3 Å². The lowest BCUT2D eigenvalue weighted by Gasteiger charge is -2.32. The zero-order valence-electron chi connectivity index (χ0n) is 14.3. The van der Waals surface area contributed by atoms with Crippen LogP contribution in [0, 0.1) is 0 Å². The molecule has 0 saturated carbocycles. The van der Waals surface area contributed by atoms with E-state index in [1.807, 2.05) is 0 Å². The number of hydrogen-bond donors (Lipinski definition) is 0. The van der Waals surface area contributed by atoms with E-state index in [2.05, 4.69) is 4.18 Å². The van der Waals surface area contributed by atoms with Gasteiger partial charge in [0.25, 0.3) is 0 Å². The fraction of sp³-hybridized carbons (Fsp3) is 0.250. The van der Waals surface area contributed by atoms with Crippen LogP contribution < -0.4 is 4.18 Å². The molecule has 0 saturated heterocycles. The highest BCUT2D eigenvalue weighted by molar-refractivity contribution is 7.88. The zero-order chi connectivity index (χ0) is 23.6. The zero-order valence-corrected chi connectivity index (χ0v) is 15.9. The Morgan fingerprint density at radius 3 is 2.03 bits per heavy atom. The smallest absolute Gasteiger partial charge is 0.456 e. The van der Waals surface area contributed by atoms with Crippen molar-refractivity contribution in [1.82, 2.24) is 0 Å². The second kappa shape index (κ2) is 6.82. The molecule has 0 spiro atoms. The molecule has 3 aromatic rings. The molecule has 0 unspecified atom stereocenters. The van der Waals surface area contributed by atoms with Crippen LogP contribution in [0.15, 0.2) is 40.8 Å². The minimum Gasteiger partial charge on any atom is -0.456 e. The molecule has 0 bridgehead atoms. The van der Waals surface area contributed by atoms with Gasteiger partial charge in [0.15, 0.2) is 5.75 Å². The summed E-state index contributed by atoms with van der Waals surface area (Å²) in [5.41, 5.74) is -0.225. The Morgan fingerprint density at radius 1 is 0.839 bits per heavy atom. The maximum absolute atomic E-state index is 13.9. The van der Waals surface area contributed by atoms with Crippen molar-refractivity contribution in [2.75, 3.05) is 0 Å². The summed E-state index contributed by atoms with van der Waals surface area (Å²) >= 11 is 5.75. The van der Waals surface area contributed by atoms with Gasteiger partial charge >= 0.3 is 33.4 Å². The molecule has 1 aromatic heterocycles. The summed E-state index contributed by atoms with van der Waals surface area (Å²) in [6.45, 7) is 0. The van der Waals surface area contributed by atoms with Gasteiger partial charge in [0.1, 0.15) is 11.2 Å². The van der Waals surface area contributed by atoms with Crippen molar-refractivity contribution in [2.24, 2.45) is 0 Å². The molecule has 0 aliphatic rings. The number of fused-ring (bicyclic) bond motifs is 3.